The number of carbonyl (C=O) groups excluding carboxylic acids is 4. The second-order valence-electron chi connectivity index (χ2n) is 6.00. The molecular weight excluding hydrogens is 380 g/mol. The molecule has 2 aromatic rings. The summed E-state index contributed by atoms with van der Waals surface area (Å²) in [6.45, 7) is 1.33. The quantitative estimate of drug-likeness (QED) is 0.355. The molecule has 9 nitrogen and oxygen atoms in total. The van der Waals surface area contributed by atoms with Crippen molar-refractivity contribution in [1.29, 1.82) is 0 Å². The van der Waals surface area contributed by atoms with Crippen molar-refractivity contribution >= 4 is 23.7 Å². The zero-order valence-corrected chi connectivity index (χ0v) is 15.9. The second kappa shape index (κ2) is 11.3. The number of rotatable bonds is 10. The summed E-state index contributed by atoms with van der Waals surface area (Å²) in [4.78, 5) is 46.0. The van der Waals surface area contributed by atoms with Crippen molar-refractivity contribution in [3.05, 3.63) is 54.0 Å². The van der Waals surface area contributed by atoms with Gasteiger partial charge in [-0.25, -0.2) is 4.79 Å². The minimum absolute atomic E-state index is 0.0293. The van der Waals surface area contributed by atoms with Crippen molar-refractivity contribution < 1.29 is 33.1 Å². The van der Waals surface area contributed by atoms with Gasteiger partial charge in [0, 0.05) is 12.0 Å². The molecule has 0 spiro atoms. The summed E-state index contributed by atoms with van der Waals surface area (Å²) < 4.78 is 15.3. The Morgan fingerprint density at radius 1 is 1.07 bits per heavy atom. The first kappa shape index (κ1) is 21.7. The number of Topliss-reactive ketones (excluding diaryl/α,β-unsaturated/α-hetero) is 1. The lowest BCUT2D eigenvalue weighted by Gasteiger charge is -2.08. The predicted octanol–water partition coefficient (Wildman–Crippen LogP) is 2.21. The number of nitrogens with one attached hydrogen (secondary N) is 2. The van der Waals surface area contributed by atoms with Gasteiger partial charge in [-0.15, -0.1) is 0 Å². The molecule has 29 heavy (non-hydrogen) atoms. The average molecular weight is 402 g/mol. The van der Waals surface area contributed by atoms with Crippen molar-refractivity contribution in [2.75, 3.05) is 13.2 Å². The monoisotopic (exact) mass is 402 g/mol. The van der Waals surface area contributed by atoms with E-state index >= 15 is 0 Å². The first-order chi connectivity index (χ1) is 13.9. The molecule has 1 heterocycles. The molecule has 1 aromatic carbocycles. The van der Waals surface area contributed by atoms with Gasteiger partial charge in [0.2, 0.25) is 0 Å². The Bertz CT molecular complexity index is 829. The van der Waals surface area contributed by atoms with E-state index in [1.807, 2.05) is 5.32 Å². The number of amides is 3. The van der Waals surface area contributed by atoms with Gasteiger partial charge in [0.25, 0.3) is 5.91 Å². The summed E-state index contributed by atoms with van der Waals surface area (Å²) in [6, 6.07) is 9.31. The van der Waals surface area contributed by atoms with Crippen LogP contribution in [0.3, 0.4) is 0 Å². The number of ether oxygens (including phenoxy) is 2. The Kier molecular flexibility index (Phi) is 8.43. The summed E-state index contributed by atoms with van der Waals surface area (Å²) in [5, 5.41) is 4.47. The van der Waals surface area contributed by atoms with E-state index in [-0.39, 0.29) is 25.4 Å². The molecular formula is C20H22N2O7. The maximum atomic E-state index is 11.6. The molecule has 3 amide bonds. The van der Waals surface area contributed by atoms with Gasteiger partial charge in [0.15, 0.2) is 12.4 Å². The van der Waals surface area contributed by atoms with Gasteiger partial charge in [-0.1, -0.05) is 0 Å². The maximum absolute atomic E-state index is 11.6. The van der Waals surface area contributed by atoms with Crippen LogP contribution in [0.5, 0.6) is 5.75 Å². The first-order valence-corrected chi connectivity index (χ1v) is 8.93. The summed E-state index contributed by atoms with van der Waals surface area (Å²) in [5.74, 6) is -0.221. The third-order valence-electron chi connectivity index (χ3n) is 3.68. The van der Waals surface area contributed by atoms with Gasteiger partial charge in [-0.05, 0) is 49.7 Å². The van der Waals surface area contributed by atoms with Crippen LogP contribution >= 0.6 is 0 Å². The van der Waals surface area contributed by atoms with E-state index in [2.05, 4.69) is 5.32 Å². The van der Waals surface area contributed by atoms with Crippen LogP contribution in [0.4, 0.5) is 4.79 Å². The van der Waals surface area contributed by atoms with Crippen LogP contribution in [-0.4, -0.2) is 36.9 Å². The fourth-order valence-corrected chi connectivity index (χ4v) is 2.20. The van der Waals surface area contributed by atoms with E-state index in [0.29, 0.717) is 23.5 Å². The van der Waals surface area contributed by atoms with Crippen molar-refractivity contribution in [1.82, 2.24) is 10.6 Å². The number of hydrogen-bond donors (Lipinski definition) is 2. The lowest BCUT2D eigenvalue weighted by molar-refractivity contribution is -0.148. The van der Waals surface area contributed by atoms with Gasteiger partial charge in [-0.2, -0.15) is 0 Å². The van der Waals surface area contributed by atoms with Crippen LogP contribution in [0.2, 0.25) is 0 Å². The summed E-state index contributed by atoms with van der Waals surface area (Å²) >= 11 is 0. The summed E-state index contributed by atoms with van der Waals surface area (Å²) in [7, 11) is 0. The van der Waals surface area contributed by atoms with Crippen molar-refractivity contribution in [3.63, 3.8) is 0 Å². The smallest absolute Gasteiger partial charge is 0.321 e. The Labute approximate surface area is 167 Å². The standard InChI is InChI=1S/C20H22N2O7/c1-14(23)15-6-8-16(9-7-15)27-11-3-5-19(25)29-13-18(24)22-20(26)21-12-17-4-2-10-28-17/h2,4,6-10H,3,5,11-13H2,1H3,(H2,21,22,24,26). The Morgan fingerprint density at radius 3 is 2.48 bits per heavy atom. The topological polar surface area (TPSA) is 124 Å². The number of ketones is 1. The van der Waals surface area contributed by atoms with Crippen LogP contribution in [0, 0.1) is 0 Å². The molecule has 0 unspecified atom stereocenters. The fraction of sp³-hybridized carbons (Fsp3) is 0.300. The normalized spacial score (nSPS) is 10.1. The molecule has 9 heteroatoms. The van der Waals surface area contributed by atoms with E-state index < -0.39 is 24.5 Å². The highest BCUT2D eigenvalue weighted by Gasteiger charge is 2.11. The molecule has 0 aliphatic carbocycles. The average Bonchev–Trinajstić information content (AvgIpc) is 3.22. The van der Waals surface area contributed by atoms with Crippen molar-refractivity contribution in [2.24, 2.45) is 0 Å². The molecule has 0 saturated heterocycles. The van der Waals surface area contributed by atoms with E-state index in [9.17, 15) is 19.2 Å². The Balaban J connectivity index is 1.55. The van der Waals surface area contributed by atoms with Crippen LogP contribution in [0.15, 0.2) is 47.1 Å². The largest absolute Gasteiger partial charge is 0.494 e. The van der Waals surface area contributed by atoms with E-state index in [1.54, 1.807) is 36.4 Å². The Morgan fingerprint density at radius 2 is 1.83 bits per heavy atom. The maximum Gasteiger partial charge on any atom is 0.321 e. The van der Waals surface area contributed by atoms with E-state index in [0.717, 1.165) is 0 Å². The molecule has 1 aromatic heterocycles. The van der Waals surface area contributed by atoms with Crippen LogP contribution in [0.25, 0.3) is 0 Å². The van der Waals surface area contributed by atoms with E-state index in [4.69, 9.17) is 13.9 Å². The Hall–Kier alpha value is -3.62. The SMILES string of the molecule is CC(=O)c1ccc(OCCCC(=O)OCC(=O)NC(=O)NCc2ccco2)cc1. The molecule has 0 atom stereocenters. The number of urea groups is 1. The van der Waals surface area contributed by atoms with Crippen LogP contribution in [0.1, 0.15) is 35.9 Å². The highest BCUT2D eigenvalue weighted by atomic mass is 16.5. The molecule has 2 N–H and O–H groups in total. The molecule has 0 aliphatic heterocycles. The lowest BCUT2D eigenvalue weighted by Crippen LogP contribution is -2.41. The highest BCUT2D eigenvalue weighted by Crippen LogP contribution is 2.13. The van der Waals surface area contributed by atoms with Gasteiger partial charge >= 0.3 is 12.0 Å². The van der Waals surface area contributed by atoms with Gasteiger partial charge in [0.05, 0.1) is 19.4 Å². The molecule has 0 bridgehead atoms. The van der Waals surface area contributed by atoms with E-state index in [1.165, 1.54) is 13.2 Å². The minimum atomic E-state index is -0.739. The number of imide groups is 1. The number of carbonyl (C=O) groups is 4. The summed E-state index contributed by atoms with van der Waals surface area (Å²) in [6.07, 6.45) is 1.91. The molecule has 154 valence electrons. The summed E-state index contributed by atoms with van der Waals surface area (Å²) in [5.41, 5.74) is 0.592. The van der Waals surface area contributed by atoms with Gasteiger partial charge < -0.3 is 19.2 Å². The molecule has 0 fully saturated rings. The molecule has 0 radical (unpaired) electrons. The predicted molar refractivity (Wildman–Crippen MR) is 101 cm³/mol. The van der Waals surface area contributed by atoms with Crippen molar-refractivity contribution in [3.8, 4) is 5.75 Å². The molecule has 2 rings (SSSR count). The van der Waals surface area contributed by atoms with Crippen molar-refractivity contribution in [2.45, 2.75) is 26.3 Å². The zero-order valence-electron chi connectivity index (χ0n) is 15.9. The number of benzene rings is 1. The fourth-order valence-electron chi connectivity index (χ4n) is 2.20. The third-order valence-corrected chi connectivity index (χ3v) is 3.68. The van der Waals surface area contributed by atoms with Gasteiger partial charge in [-0.3, -0.25) is 19.7 Å². The van der Waals surface area contributed by atoms with Crippen LogP contribution in [-0.2, 0) is 20.9 Å². The number of hydrogen-bond acceptors (Lipinski definition) is 7. The highest BCUT2D eigenvalue weighted by molar-refractivity contribution is 5.95. The third kappa shape index (κ3) is 8.29. The lowest BCUT2D eigenvalue weighted by atomic mass is 10.1. The van der Waals surface area contributed by atoms with Gasteiger partial charge in [0.1, 0.15) is 11.5 Å². The molecule has 0 saturated carbocycles. The minimum Gasteiger partial charge on any atom is -0.494 e. The number of furan rings is 1. The molecule has 0 aliphatic rings. The second-order valence-corrected chi connectivity index (χ2v) is 6.00. The number of esters is 1. The zero-order chi connectivity index (χ0) is 21.1. The van der Waals surface area contributed by atoms with Crippen LogP contribution < -0.4 is 15.4 Å². The first-order valence-electron chi connectivity index (χ1n) is 8.93.